The molecule has 1 aliphatic heterocycles. The van der Waals surface area contributed by atoms with Gasteiger partial charge in [-0.2, -0.15) is 0 Å². The van der Waals surface area contributed by atoms with Crippen LogP contribution in [0.1, 0.15) is 19.8 Å². The minimum Gasteiger partial charge on any atom is -0.455 e. The fourth-order valence-corrected chi connectivity index (χ4v) is 3.01. The zero-order valence-corrected chi connectivity index (χ0v) is 16.8. The number of ether oxygens (including phenoxy) is 1. The predicted octanol–water partition coefficient (Wildman–Crippen LogP) is 1.06. The van der Waals surface area contributed by atoms with Crippen LogP contribution in [0.15, 0.2) is 60.8 Å². The first kappa shape index (κ1) is 25.2. The molecule has 162 valence electrons. The minimum absolute atomic E-state index is 0.100. The monoisotopic (exact) mass is 430 g/mol. The topological polar surface area (TPSA) is 154 Å². The third kappa shape index (κ3) is 11.1. The Kier molecular flexibility index (Phi) is 10.4. The van der Waals surface area contributed by atoms with Crippen LogP contribution in [0.4, 0.5) is 0 Å². The van der Waals surface area contributed by atoms with Crippen molar-refractivity contribution in [1.82, 2.24) is 0 Å². The van der Waals surface area contributed by atoms with Gasteiger partial charge >= 0.3 is 13.8 Å². The van der Waals surface area contributed by atoms with Gasteiger partial charge in [-0.05, 0) is 13.0 Å². The van der Waals surface area contributed by atoms with Crippen molar-refractivity contribution in [2.45, 2.75) is 43.7 Å². The Morgan fingerprint density at radius 3 is 2.66 bits per heavy atom. The number of phosphoric ester groups is 1. The predicted molar refractivity (Wildman–Crippen MR) is 105 cm³/mol. The number of phosphoric acid groups is 1. The second-order valence-corrected chi connectivity index (χ2v) is 7.66. The van der Waals surface area contributed by atoms with E-state index in [1.54, 1.807) is 24.3 Å². The van der Waals surface area contributed by atoms with Crippen molar-refractivity contribution in [2.75, 3.05) is 6.61 Å². The fraction of sp³-hybridized carbons (Fsp3) is 0.421. The van der Waals surface area contributed by atoms with E-state index in [4.69, 9.17) is 19.6 Å². The highest BCUT2D eigenvalue weighted by Crippen LogP contribution is 2.41. The lowest BCUT2D eigenvalue weighted by Crippen LogP contribution is -2.41. The van der Waals surface area contributed by atoms with Gasteiger partial charge in [-0.15, -0.1) is 0 Å². The molecule has 0 aromatic rings. The summed E-state index contributed by atoms with van der Waals surface area (Å²) in [4.78, 5) is 29.6. The Labute approximate surface area is 169 Å². The van der Waals surface area contributed by atoms with Gasteiger partial charge in [0.1, 0.15) is 17.8 Å². The van der Waals surface area contributed by atoms with Crippen LogP contribution in [-0.2, 0) is 18.6 Å². The van der Waals surface area contributed by atoms with E-state index >= 15 is 0 Å². The zero-order valence-electron chi connectivity index (χ0n) is 15.9. The van der Waals surface area contributed by atoms with Gasteiger partial charge in [-0.3, -0.25) is 4.52 Å². The number of rotatable bonds is 11. The number of carbonyl (C=O) groups is 1. The molecule has 1 heterocycles. The average molecular weight is 430 g/mol. The van der Waals surface area contributed by atoms with E-state index in [9.17, 15) is 19.6 Å². The molecule has 1 rings (SSSR count). The van der Waals surface area contributed by atoms with Crippen LogP contribution in [0.2, 0.25) is 0 Å². The van der Waals surface area contributed by atoms with Crippen LogP contribution in [-0.4, -0.2) is 61.6 Å². The van der Waals surface area contributed by atoms with Gasteiger partial charge in [0.15, 0.2) is 0 Å². The minimum atomic E-state index is -4.96. The van der Waals surface area contributed by atoms with Crippen LogP contribution in [0, 0.1) is 0 Å². The van der Waals surface area contributed by atoms with Crippen molar-refractivity contribution < 1.29 is 43.7 Å². The molecular formula is C19H27O9P. The highest BCUT2D eigenvalue weighted by Gasteiger charge is 2.37. The highest BCUT2D eigenvalue weighted by molar-refractivity contribution is 7.46. The summed E-state index contributed by atoms with van der Waals surface area (Å²) in [5, 5.41) is 29.4. The molecule has 0 aromatic heterocycles. The van der Waals surface area contributed by atoms with E-state index in [1.807, 2.05) is 0 Å². The lowest BCUT2D eigenvalue weighted by atomic mass is 9.93. The Morgan fingerprint density at radius 1 is 1.34 bits per heavy atom. The molecule has 0 aromatic carbocycles. The maximum Gasteiger partial charge on any atom is 0.469 e. The summed E-state index contributed by atoms with van der Waals surface area (Å²) in [5.74, 6) is -0.531. The first-order valence-electron chi connectivity index (χ1n) is 8.85. The third-order valence-electron chi connectivity index (χ3n) is 3.82. The number of cyclic esters (lactones) is 1. The van der Waals surface area contributed by atoms with Gasteiger partial charge in [-0.25, -0.2) is 9.36 Å². The molecule has 0 amide bonds. The second-order valence-electron chi connectivity index (χ2n) is 6.47. The van der Waals surface area contributed by atoms with E-state index in [0.29, 0.717) is 6.42 Å². The van der Waals surface area contributed by atoms with Gasteiger partial charge in [0.25, 0.3) is 0 Å². The molecule has 0 fully saturated rings. The highest BCUT2D eigenvalue weighted by atomic mass is 31.2. The SMILES string of the molecule is C[C@@](O)(/C=C\[C@H]1CC=CC(=O)O1)[C@@H](C[C@H](O)\C=C/C=C/C=C/CO)OP(=O)(O)O. The molecule has 0 unspecified atom stereocenters. The zero-order chi connectivity index (χ0) is 21.9. The van der Waals surface area contributed by atoms with Crippen molar-refractivity contribution in [3.8, 4) is 0 Å². The Balaban J connectivity index is 2.84. The number of allylic oxidation sites excluding steroid dienone is 4. The van der Waals surface area contributed by atoms with E-state index < -0.39 is 37.7 Å². The van der Waals surface area contributed by atoms with Crippen LogP contribution in [0.25, 0.3) is 0 Å². The maximum atomic E-state index is 11.3. The molecule has 0 bridgehead atoms. The molecule has 5 N–H and O–H groups in total. The summed E-state index contributed by atoms with van der Waals surface area (Å²) in [6, 6.07) is 0. The van der Waals surface area contributed by atoms with Crippen molar-refractivity contribution in [1.29, 1.82) is 0 Å². The number of aliphatic hydroxyl groups is 3. The number of aliphatic hydroxyl groups excluding tert-OH is 2. The number of hydrogen-bond acceptors (Lipinski definition) is 7. The largest absolute Gasteiger partial charge is 0.469 e. The normalized spacial score (nSPS) is 22.6. The first-order valence-corrected chi connectivity index (χ1v) is 10.4. The van der Waals surface area contributed by atoms with Gasteiger partial charge in [-0.1, -0.05) is 48.6 Å². The second kappa shape index (κ2) is 12.0. The van der Waals surface area contributed by atoms with E-state index in [0.717, 1.165) is 0 Å². The quantitative estimate of drug-likeness (QED) is 0.140. The number of carbonyl (C=O) groups excluding carboxylic acids is 1. The van der Waals surface area contributed by atoms with Crippen LogP contribution in [0.3, 0.4) is 0 Å². The van der Waals surface area contributed by atoms with Crippen molar-refractivity contribution in [3.05, 3.63) is 60.8 Å². The third-order valence-corrected chi connectivity index (χ3v) is 4.35. The molecule has 9 nitrogen and oxygen atoms in total. The molecule has 1 aliphatic rings. The molecular weight excluding hydrogens is 403 g/mol. The molecule has 0 saturated carbocycles. The Bertz CT molecular complexity index is 715. The summed E-state index contributed by atoms with van der Waals surface area (Å²) < 4.78 is 21.0. The first-order chi connectivity index (χ1) is 13.5. The van der Waals surface area contributed by atoms with Gasteiger partial charge in [0, 0.05) is 18.9 Å². The Morgan fingerprint density at radius 2 is 2.03 bits per heavy atom. The van der Waals surface area contributed by atoms with Crippen molar-refractivity contribution in [3.63, 3.8) is 0 Å². The average Bonchev–Trinajstić information content (AvgIpc) is 2.61. The lowest BCUT2D eigenvalue weighted by molar-refractivity contribution is -0.141. The number of hydrogen-bond donors (Lipinski definition) is 5. The molecule has 4 atom stereocenters. The maximum absolute atomic E-state index is 11.3. The molecule has 0 spiro atoms. The van der Waals surface area contributed by atoms with E-state index in [1.165, 1.54) is 43.4 Å². The summed E-state index contributed by atoms with van der Waals surface area (Å²) in [5.41, 5.74) is -1.87. The molecule has 10 heteroatoms. The van der Waals surface area contributed by atoms with E-state index in [-0.39, 0.29) is 13.0 Å². The van der Waals surface area contributed by atoms with Crippen molar-refractivity contribution in [2.24, 2.45) is 0 Å². The molecule has 0 radical (unpaired) electrons. The lowest BCUT2D eigenvalue weighted by Gasteiger charge is -2.31. The van der Waals surface area contributed by atoms with Crippen LogP contribution >= 0.6 is 7.82 Å². The summed E-state index contributed by atoms with van der Waals surface area (Å²) in [6.07, 6.45) is 11.5. The standard InChI is InChI=1S/C19H27O9P/c1-19(23,12-11-16-9-7-10-18(22)27-16)17(28-29(24,25)26)14-15(21)8-5-3-2-4-6-13-20/h2-8,10-12,15-17,20-21,23H,9,13-14H2,1H3,(H2,24,25,26)/b3-2+,6-4+,8-5-,12-11-/t15-,16-,17-,19-/m1/s1. The van der Waals surface area contributed by atoms with E-state index in [2.05, 4.69) is 4.52 Å². The summed E-state index contributed by atoms with van der Waals surface area (Å²) in [7, 11) is -4.96. The van der Waals surface area contributed by atoms with Crippen LogP contribution in [0.5, 0.6) is 0 Å². The van der Waals surface area contributed by atoms with Crippen molar-refractivity contribution >= 4 is 13.8 Å². The van der Waals surface area contributed by atoms with Gasteiger partial charge < -0.3 is 29.8 Å². The summed E-state index contributed by atoms with van der Waals surface area (Å²) >= 11 is 0. The smallest absolute Gasteiger partial charge is 0.455 e. The molecule has 0 aliphatic carbocycles. The van der Waals surface area contributed by atoms with Crippen LogP contribution < -0.4 is 0 Å². The fourth-order valence-electron chi connectivity index (χ4n) is 2.37. The summed E-state index contributed by atoms with van der Waals surface area (Å²) in [6.45, 7) is 1.16. The Hall–Kier alpha value is -1.84. The molecule has 29 heavy (non-hydrogen) atoms. The number of esters is 1. The molecule has 0 saturated heterocycles. The van der Waals surface area contributed by atoms with Gasteiger partial charge in [0.2, 0.25) is 0 Å². The van der Waals surface area contributed by atoms with Gasteiger partial charge in [0.05, 0.1) is 12.7 Å².